The summed E-state index contributed by atoms with van der Waals surface area (Å²) >= 11 is 0. The van der Waals surface area contributed by atoms with Gasteiger partial charge in [0.1, 0.15) is 5.56 Å². The summed E-state index contributed by atoms with van der Waals surface area (Å²) in [5, 5.41) is 15.0. The number of halogens is 5. The van der Waals surface area contributed by atoms with Crippen LogP contribution in [0.25, 0.3) is 0 Å². The summed E-state index contributed by atoms with van der Waals surface area (Å²) in [4.78, 5) is 28.6. The molecule has 8 nitrogen and oxygen atoms in total. The zero-order valence-corrected chi connectivity index (χ0v) is 30.1. The molecule has 2 amide bonds. The molecule has 3 aromatic carbocycles. The summed E-state index contributed by atoms with van der Waals surface area (Å²) in [7, 11) is 0. The fourth-order valence-corrected chi connectivity index (χ4v) is 7.86. The van der Waals surface area contributed by atoms with Crippen LogP contribution in [0.1, 0.15) is 111 Å². The molecule has 53 heavy (non-hydrogen) atoms. The largest absolute Gasteiger partial charge is 0.392 e. The van der Waals surface area contributed by atoms with Crippen molar-refractivity contribution >= 4 is 11.8 Å². The van der Waals surface area contributed by atoms with Crippen LogP contribution in [0.15, 0.2) is 48.5 Å². The molecule has 2 saturated heterocycles. The zero-order chi connectivity index (χ0) is 38.0. The monoisotopic (exact) mass is 743 g/mol. The Morgan fingerprint density at radius 1 is 0.792 bits per heavy atom. The predicted molar refractivity (Wildman–Crippen MR) is 186 cm³/mol. The quantitative estimate of drug-likeness (QED) is 0.121. The summed E-state index contributed by atoms with van der Waals surface area (Å²) in [5.41, 5.74) is 0.871. The van der Waals surface area contributed by atoms with E-state index in [0.29, 0.717) is 30.0 Å². The summed E-state index contributed by atoms with van der Waals surface area (Å²) in [6, 6.07) is 14.2. The number of benzene rings is 3. The molecule has 0 radical (unpaired) electrons. The molecule has 3 fully saturated rings. The summed E-state index contributed by atoms with van der Waals surface area (Å²) in [5.74, 6) is -12.1. The van der Waals surface area contributed by atoms with E-state index in [1.54, 1.807) is 24.3 Å². The van der Waals surface area contributed by atoms with E-state index in [-0.39, 0.29) is 48.9 Å². The van der Waals surface area contributed by atoms with Gasteiger partial charge in [-0.3, -0.25) is 14.5 Å². The van der Waals surface area contributed by atoms with E-state index in [1.165, 1.54) is 6.42 Å². The molecule has 2 heterocycles. The lowest BCUT2D eigenvalue weighted by Crippen LogP contribution is -2.61. The molecule has 6 atom stereocenters. The number of aliphatic hydroxyl groups is 1. The highest BCUT2D eigenvalue weighted by atomic mass is 19.2. The number of fused-ring (bicyclic) bond motifs is 1. The number of carbonyl (C=O) groups is 2. The van der Waals surface area contributed by atoms with E-state index < -0.39 is 46.8 Å². The average Bonchev–Trinajstić information content (AvgIpc) is 3.15. The van der Waals surface area contributed by atoms with Crippen molar-refractivity contribution in [2.24, 2.45) is 5.92 Å². The second-order valence-corrected chi connectivity index (χ2v) is 15.4. The van der Waals surface area contributed by atoms with E-state index in [4.69, 9.17) is 9.47 Å². The lowest BCUT2D eigenvalue weighted by molar-refractivity contribution is -0.255. The van der Waals surface area contributed by atoms with Crippen LogP contribution in [0.2, 0.25) is 0 Å². The minimum absolute atomic E-state index is 0.0177. The minimum atomic E-state index is -2.34. The number of carbonyl (C=O) groups excluding carboxylic acids is 2. The van der Waals surface area contributed by atoms with Crippen LogP contribution in [0.3, 0.4) is 0 Å². The van der Waals surface area contributed by atoms with Gasteiger partial charge in [0.05, 0.1) is 24.9 Å². The SMILES string of the molecule is CC(C)(C)NC(=O)[C@H]1CC[C@H]2CCCC[C@H]2N1C[C@H]1C[C@@H](c2ccc(CO)cc2)O[C@@H](c2ccc(CNC(=O)c3c(F)c(F)c(F)c(F)c3F)cc2)O1. The Hall–Kier alpha value is -3.91. The van der Waals surface area contributed by atoms with Crippen LogP contribution in [-0.2, 0) is 27.4 Å². The van der Waals surface area contributed by atoms with Crippen LogP contribution in [-0.4, -0.2) is 52.1 Å². The highest BCUT2D eigenvalue weighted by Gasteiger charge is 2.44. The van der Waals surface area contributed by atoms with Crippen LogP contribution in [0, 0.1) is 35.0 Å². The Kier molecular flexibility index (Phi) is 11.9. The van der Waals surface area contributed by atoms with Crippen molar-refractivity contribution in [1.82, 2.24) is 15.5 Å². The average molecular weight is 744 g/mol. The van der Waals surface area contributed by atoms with Crippen molar-refractivity contribution in [3.8, 4) is 0 Å². The predicted octanol–water partition coefficient (Wildman–Crippen LogP) is 7.29. The highest BCUT2D eigenvalue weighted by Crippen LogP contribution is 2.42. The molecule has 13 heteroatoms. The number of nitrogens with one attached hydrogen (secondary N) is 2. The first-order valence-corrected chi connectivity index (χ1v) is 18.2. The van der Waals surface area contributed by atoms with Gasteiger partial charge in [-0.05, 0) is 69.1 Å². The fraction of sp³-hybridized carbons (Fsp3) is 0.500. The maximum Gasteiger partial charge on any atom is 0.257 e. The molecule has 0 bridgehead atoms. The highest BCUT2D eigenvalue weighted by molar-refractivity contribution is 5.94. The molecule has 2 aliphatic heterocycles. The van der Waals surface area contributed by atoms with Crippen LogP contribution in [0.4, 0.5) is 22.0 Å². The lowest BCUT2D eigenvalue weighted by Gasteiger charge is -2.50. The molecule has 0 unspecified atom stereocenters. The maximum absolute atomic E-state index is 14.2. The molecule has 1 saturated carbocycles. The summed E-state index contributed by atoms with van der Waals surface area (Å²) in [6.45, 7) is 6.11. The Bertz CT molecular complexity index is 1760. The number of piperidine rings is 1. The van der Waals surface area contributed by atoms with Gasteiger partial charge in [-0.15, -0.1) is 0 Å². The van der Waals surface area contributed by atoms with Crippen LogP contribution >= 0.6 is 0 Å². The number of amides is 2. The normalized spacial score (nSPS) is 25.1. The van der Waals surface area contributed by atoms with E-state index in [9.17, 15) is 36.6 Å². The molecule has 1 aliphatic carbocycles. The van der Waals surface area contributed by atoms with Crippen molar-refractivity contribution < 1.29 is 46.1 Å². The van der Waals surface area contributed by atoms with Crippen molar-refractivity contribution in [2.45, 2.75) is 115 Å². The van der Waals surface area contributed by atoms with Gasteiger partial charge in [-0.2, -0.15) is 0 Å². The van der Waals surface area contributed by atoms with Gasteiger partial charge in [0.25, 0.3) is 5.91 Å². The molecular formula is C40H46F5N3O5. The molecule has 0 spiro atoms. The fourth-order valence-electron chi connectivity index (χ4n) is 7.86. The Labute approximate surface area is 306 Å². The van der Waals surface area contributed by atoms with Gasteiger partial charge in [-0.1, -0.05) is 61.4 Å². The molecule has 3 N–H and O–H groups in total. The molecule has 3 aliphatic rings. The van der Waals surface area contributed by atoms with Crippen LogP contribution in [0.5, 0.6) is 0 Å². The Balaban J connectivity index is 1.22. The zero-order valence-electron chi connectivity index (χ0n) is 30.1. The number of ether oxygens (including phenoxy) is 2. The number of aliphatic hydroxyl groups excluding tert-OH is 1. The van der Waals surface area contributed by atoms with Crippen molar-refractivity contribution in [2.75, 3.05) is 6.54 Å². The second kappa shape index (κ2) is 16.2. The smallest absolute Gasteiger partial charge is 0.257 e. The molecule has 3 aromatic rings. The third kappa shape index (κ3) is 8.74. The number of hydrogen-bond donors (Lipinski definition) is 3. The molecule has 0 aromatic heterocycles. The van der Waals surface area contributed by atoms with Gasteiger partial charge in [-0.25, -0.2) is 22.0 Å². The minimum Gasteiger partial charge on any atom is -0.392 e. The van der Waals surface area contributed by atoms with Gasteiger partial charge < -0.3 is 25.2 Å². The summed E-state index contributed by atoms with van der Waals surface area (Å²) < 4.78 is 82.3. The second-order valence-electron chi connectivity index (χ2n) is 15.4. The van der Waals surface area contributed by atoms with E-state index >= 15 is 0 Å². The van der Waals surface area contributed by atoms with Gasteiger partial charge >= 0.3 is 0 Å². The standard InChI is InChI=1S/C40H46F5N3O5/c1-40(2,3)47-37(50)29-17-16-24-6-4-5-7-28(24)48(29)20-27-18-30(25-12-10-23(21-49)11-13-25)53-39(52-27)26-14-8-22(9-15-26)19-46-38(51)31-32(41)34(43)36(45)35(44)33(31)42/h8-15,24,27-30,39,49H,4-7,16-21H2,1-3H3,(H,46,51)(H,47,50)/t24-,27-,28-,29-,30+,39+/m1/s1. The maximum atomic E-state index is 14.2. The first-order valence-electron chi connectivity index (χ1n) is 18.2. The van der Waals surface area contributed by atoms with Crippen molar-refractivity contribution in [3.05, 3.63) is 105 Å². The van der Waals surface area contributed by atoms with Crippen molar-refractivity contribution in [3.63, 3.8) is 0 Å². The molecule has 286 valence electrons. The molecular weight excluding hydrogens is 697 g/mol. The first kappa shape index (κ1) is 38.8. The van der Waals surface area contributed by atoms with E-state index in [0.717, 1.165) is 43.2 Å². The number of likely N-dealkylation sites (tertiary alicyclic amines) is 1. The van der Waals surface area contributed by atoms with Gasteiger partial charge in [0, 0.05) is 36.7 Å². The first-order chi connectivity index (χ1) is 25.2. The third-order valence-corrected chi connectivity index (χ3v) is 10.5. The number of rotatable bonds is 9. The van der Waals surface area contributed by atoms with Gasteiger partial charge in [0.2, 0.25) is 11.7 Å². The Morgan fingerprint density at radius 2 is 1.40 bits per heavy atom. The van der Waals surface area contributed by atoms with E-state index in [1.807, 2.05) is 45.0 Å². The lowest BCUT2D eigenvalue weighted by atomic mass is 9.75. The van der Waals surface area contributed by atoms with E-state index in [2.05, 4.69) is 15.5 Å². The van der Waals surface area contributed by atoms with Crippen LogP contribution < -0.4 is 10.6 Å². The van der Waals surface area contributed by atoms with Gasteiger partial charge in [0.15, 0.2) is 29.6 Å². The van der Waals surface area contributed by atoms with Crippen molar-refractivity contribution in [1.29, 1.82) is 0 Å². The number of hydrogen-bond acceptors (Lipinski definition) is 6. The topological polar surface area (TPSA) is 100 Å². The molecule has 6 rings (SSSR count). The third-order valence-electron chi connectivity index (χ3n) is 10.5. The summed E-state index contributed by atoms with van der Waals surface area (Å²) in [6.07, 6.45) is 5.25. The Morgan fingerprint density at radius 3 is 2.04 bits per heavy atom. The number of nitrogens with zero attached hydrogens (tertiary/aromatic N) is 1.